The molecule has 112 valence electrons. The third-order valence-corrected chi connectivity index (χ3v) is 5.17. The number of rotatable bonds is 7. The van der Waals surface area contributed by atoms with Crippen LogP contribution < -0.4 is 5.32 Å². The van der Waals surface area contributed by atoms with Gasteiger partial charge in [0.05, 0.1) is 4.92 Å². The number of nitro benzene ring substituents is 1. The second kappa shape index (κ2) is 7.68. The fourth-order valence-electron chi connectivity index (χ4n) is 2.12. The van der Waals surface area contributed by atoms with Crippen LogP contribution in [-0.2, 0) is 6.42 Å². The van der Waals surface area contributed by atoms with E-state index in [0.29, 0.717) is 0 Å². The number of non-ortho nitro benzene ring substituents is 1. The molecule has 0 aliphatic heterocycles. The first-order valence-corrected chi connectivity index (χ1v) is 8.48. The van der Waals surface area contributed by atoms with E-state index in [2.05, 4.69) is 39.6 Å². The quantitative estimate of drug-likeness (QED) is 0.568. The smallest absolute Gasteiger partial charge is 0.269 e. The standard InChI is InChI=1S/C15H17BrN2O2S/c1-2-8-17-14(15-13(16)7-9-21-15)10-11-3-5-12(6-4-11)18(19)20/h3-7,9,14,17H,2,8,10H2,1H3. The summed E-state index contributed by atoms with van der Waals surface area (Å²) in [7, 11) is 0. The van der Waals surface area contributed by atoms with Gasteiger partial charge in [-0.2, -0.15) is 0 Å². The van der Waals surface area contributed by atoms with Crippen molar-refractivity contribution in [3.63, 3.8) is 0 Å². The van der Waals surface area contributed by atoms with Gasteiger partial charge in [-0.15, -0.1) is 11.3 Å². The molecule has 0 amide bonds. The number of nitro groups is 1. The van der Waals surface area contributed by atoms with Crippen molar-refractivity contribution < 1.29 is 4.92 Å². The molecule has 6 heteroatoms. The van der Waals surface area contributed by atoms with Crippen LogP contribution >= 0.6 is 27.3 Å². The van der Waals surface area contributed by atoms with E-state index in [4.69, 9.17) is 0 Å². The zero-order chi connectivity index (χ0) is 15.2. The zero-order valence-electron chi connectivity index (χ0n) is 11.7. The van der Waals surface area contributed by atoms with Crippen molar-refractivity contribution in [3.05, 3.63) is 60.7 Å². The first-order valence-electron chi connectivity index (χ1n) is 6.81. The molecule has 1 aromatic heterocycles. The van der Waals surface area contributed by atoms with Crippen LogP contribution in [-0.4, -0.2) is 11.5 Å². The summed E-state index contributed by atoms with van der Waals surface area (Å²) in [5, 5.41) is 16.3. The molecular weight excluding hydrogens is 352 g/mol. The summed E-state index contributed by atoms with van der Waals surface area (Å²) in [6, 6.07) is 9.07. The molecule has 1 atom stereocenters. The van der Waals surface area contributed by atoms with Crippen molar-refractivity contribution in [2.45, 2.75) is 25.8 Å². The van der Waals surface area contributed by atoms with Crippen LogP contribution in [0, 0.1) is 10.1 Å². The van der Waals surface area contributed by atoms with Gasteiger partial charge in [-0.1, -0.05) is 19.1 Å². The van der Waals surface area contributed by atoms with Crippen LogP contribution in [0.5, 0.6) is 0 Å². The van der Waals surface area contributed by atoms with Crippen molar-refractivity contribution in [1.29, 1.82) is 0 Å². The predicted molar refractivity (Wildman–Crippen MR) is 89.9 cm³/mol. The number of halogens is 1. The summed E-state index contributed by atoms with van der Waals surface area (Å²) >= 11 is 5.30. The predicted octanol–water partition coefficient (Wildman–Crippen LogP) is 4.70. The average Bonchev–Trinajstić information content (AvgIpc) is 2.90. The van der Waals surface area contributed by atoms with Gasteiger partial charge < -0.3 is 5.32 Å². The summed E-state index contributed by atoms with van der Waals surface area (Å²) in [4.78, 5) is 11.6. The summed E-state index contributed by atoms with van der Waals surface area (Å²) in [6.07, 6.45) is 1.89. The lowest BCUT2D eigenvalue weighted by Crippen LogP contribution is -2.23. The van der Waals surface area contributed by atoms with Gasteiger partial charge in [0.2, 0.25) is 0 Å². The Labute approximate surface area is 136 Å². The largest absolute Gasteiger partial charge is 0.309 e. The normalized spacial score (nSPS) is 12.3. The van der Waals surface area contributed by atoms with E-state index < -0.39 is 0 Å². The summed E-state index contributed by atoms with van der Waals surface area (Å²) < 4.78 is 1.11. The topological polar surface area (TPSA) is 55.2 Å². The number of nitrogens with zero attached hydrogens (tertiary/aromatic N) is 1. The van der Waals surface area contributed by atoms with E-state index in [1.165, 1.54) is 4.88 Å². The summed E-state index contributed by atoms with van der Waals surface area (Å²) in [5.41, 5.74) is 1.23. The molecule has 0 radical (unpaired) electrons. The molecule has 2 rings (SSSR count). The van der Waals surface area contributed by atoms with E-state index in [9.17, 15) is 10.1 Å². The Hall–Kier alpha value is -1.24. The molecule has 1 N–H and O–H groups in total. The fourth-order valence-corrected chi connectivity index (χ4v) is 3.85. The van der Waals surface area contributed by atoms with Crippen LogP contribution in [0.4, 0.5) is 5.69 Å². The minimum atomic E-state index is -0.369. The average molecular weight is 369 g/mol. The zero-order valence-corrected chi connectivity index (χ0v) is 14.1. The van der Waals surface area contributed by atoms with Crippen LogP contribution in [0.25, 0.3) is 0 Å². The maximum atomic E-state index is 10.7. The third-order valence-electron chi connectivity index (χ3n) is 3.19. The molecule has 1 heterocycles. The van der Waals surface area contributed by atoms with Crippen molar-refractivity contribution in [2.24, 2.45) is 0 Å². The number of benzene rings is 1. The maximum Gasteiger partial charge on any atom is 0.269 e. The number of hydrogen-bond acceptors (Lipinski definition) is 4. The maximum absolute atomic E-state index is 10.7. The molecule has 0 aliphatic carbocycles. The lowest BCUT2D eigenvalue weighted by atomic mass is 10.0. The Kier molecular flexibility index (Phi) is 5.90. The third kappa shape index (κ3) is 4.36. The molecule has 21 heavy (non-hydrogen) atoms. The highest BCUT2D eigenvalue weighted by Crippen LogP contribution is 2.31. The number of nitrogens with one attached hydrogen (secondary N) is 1. The second-order valence-electron chi connectivity index (χ2n) is 4.77. The molecular formula is C15H17BrN2O2S. The Morgan fingerprint density at radius 1 is 1.33 bits per heavy atom. The Balaban J connectivity index is 2.14. The van der Waals surface area contributed by atoms with Crippen molar-refractivity contribution >= 4 is 33.0 Å². The first-order chi connectivity index (χ1) is 10.1. The summed E-state index contributed by atoms with van der Waals surface area (Å²) in [6.45, 7) is 3.08. The number of hydrogen-bond donors (Lipinski definition) is 1. The van der Waals surface area contributed by atoms with Crippen LogP contribution in [0.2, 0.25) is 0 Å². The first kappa shape index (κ1) is 16.1. The molecule has 0 spiro atoms. The van der Waals surface area contributed by atoms with E-state index in [-0.39, 0.29) is 16.7 Å². The van der Waals surface area contributed by atoms with Gasteiger partial charge >= 0.3 is 0 Å². The van der Waals surface area contributed by atoms with Gasteiger partial charge in [-0.25, -0.2) is 0 Å². The fraction of sp³-hybridized carbons (Fsp3) is 0.333. The Morgan fingerprint density at radius 3 is 2.57 bits per heavy atom. The molecule has 2 aromatic rings. The highest BCUT2D eigenvalue weighted by molar-refractivity contribution is 9.10. The molecule has 0 fully saturated rings. The molecule has 1 aromatic carbocycles. The second-order valence-corrected chi connectivity index (χ2v) is 6.57. The molecule has 0 aliphatic rings. The lowest BCUT2D eigenvalue weighted by Gasteiger charge is -2.18. The van der Waals surface area contributed by atoms with E-state index in [1.54, 1.807) is 23.5 Å². The monoisotopic (exact) mass is 368 g/mol. The molecule has 0 bridgehead atoms. The van der Waals surface area contributed by atoms with Gasteiger partial charge in [-0.3, -0.25) is 10.1 Å². The van der Waals surface area contributed by atoms with Crippen LogP contribution in [0.1, 0.15) is 29.8 Å². The molecule has 4 nitrogen and oxygen atoms in total. The Morgan fingerprint density at radius 2 is 2.05 bits per heavy atom. The molecule has 0 saturated carbocycles. The minimum Gasteiger partial charge on any atom is -0.309 e. The van der Waals surface area contributed by atoms with Crippen molar-refractivity contribution in [2.75, 3.05) is 6.54 Å². The highest BCUT2D eigenvalue weighted by atomic mass is 79.9. The van der Waals surface area contributed by atoms with Crippen LogP contribution in [0.3, 0.4) is 0 Å². The van der Waals surface area contributed by atoms with Gasteiger partial charge in [-0.05, 0) is 52.3 Å². The lowest BCUT2D eigenvalue weighted by molar-refractivity contribution is -0.384. The van der Waals surface area contributed by atoms with Crippen LogP contribution in [0.15, 0.2) is 40.2 Å². The highest BCUT2D eigenvalue weighted by Gasteiger charge is 2.16. The minimum absolute atomic E-state index is 0.133. The van der Waals surface area contributed by atoms with E-state index >= 15 is 0 Å². The van der Waals surface area contributed by atoms with E-state index in [0.717, 1.165) is 29.4 Å². The summed E-state index contributed by atoms with van der Waals surface area (Å²) in [5.74, 6) is 0. The van der Waals surface area contributed by atoms with Crippen molar-refractivity contribution in [3.8, 4) is 0 Å². The number of thiophene rings is 1. The van der Waals surface area contributed by atoms with Gasteiger partial charge in [0.25, 0.3) is 5.69 Å². The SMILES string of the molecule is CCCNC(Cc1ccc([N+](=O)[O-])cc1)c1sccc1Br. The van der Waals surface area contributed by atoms with E-state index in [1.807, 2.05) is 12.1 Å². The van der Waals surface area contributed by atoms with Gasteiger partial charge in [0.1, 0.15) is 0 Å². The van der Waals surface area contributed by atoms with Crippen molar-refractivity contribution in [1.82, 2.24) is 5.32 Å². The van der Waals surface area contributed by atoms with Gasteiger partial charge in [0, 0.05) is 27.5 Å². The Bertz CT molecular complexity index is 598. The molecule has 0 saturated heterocycles. The molecule has 1 unspecified atom stereocenters. The van der Waals surface area contributed by atoms with Gasteiger partial charge in [0.15, 0.2) is 0 Å².